The fraction of sp³-hybridized carbons (Fsp3) is 0.167. The van der Waals surface area contributed by atoms with Crippen molar-refractivity contribution in [2.24, 2.45) is 0 Å². The Hall–Kier alpha value is -1.97. The van der Waals surface area contributed by atoms with E-state index in [1.165, 1.54) is 12.3 Å². The number of nitrogens with one attached hydrogen (secondary N) is 1. The molecule has 0 aliphatic carbocycles. The average molecular weight is 217 g/mol. The van der Waals surface area contributed by atoms with Gasteiger partial charge in [0.2, 0.25) is 5.95 Å². The number of anilines is 1. The molecule has 0 saturated carbocycles. The van der Waals surface area contributed by atoms with Crippen molar-refractivity contribution in [3.05, 3.63) is 54.4 Å². The summed E-state index contributed by atoms with van der Waals surface area (Å²) in [7, 11) is 0. The lowest BCUT2D eigenvalue weighted by Crippen LogP contribution is -2.06. The van der Waals surface area contributed by atoms with E-state index in [0.717, 1.165) is 24.3 Å². The van der Waals surface area contributed by atoms with E-state index in [9.17, 15) is 4.39 Å². The van der Waals surface area contributed by atoms with Gasteiger partial charge in [-0.3, -0.25) is 4.98 Å². The first kappa shape index (κ1) is 10.5. The van der Waals surface area contributed by atoms with Crippen LogP contribution >= 0.6 is 0 Å². The molecule has 3 nitrogen and oxygen atoms in total. The van der Waals surface area contributed by atoms with E-state index < -0.39 is 5.95 Å². The van der Waals surface area contributed by atoms with Gasteiger partial charge in [0.05, 0.1) is 0 Å². The van der Waals surface area contributed by atoms with Crippen LogP contribution in [0.2, 0.25) is 0 Å². The molecule has 0 atom stereocenters. The molecule has 0 aromatic carbocycles. The second-order valence-electron chi connectivity index (χ2n) is 3.37. The van der Waals surface area contributed by atoms with Crippen molar-refractivity contribution in [3.8, 4) is 0 Å². The zero-order chi connectivity index (χ0) is 11.2. The molecular weight excluding hydrogens is 205 g/mol. The van der Waals surface area contributed by atoms with Crippen molar-refractivity contribution in [2.75, 3.05) is 11.9 Å². The van der Waals surface area contributed by atoms with E-state index in [4.69, 9.17) is 0 Å². The Bertz CT molecular complexity index is 445. The molecule has 1 N–H and O–H groups in total. The molecule has 2 aromatic rings. The molecule has 0 aliphatic heterocycles. The second kappa shape index (κ2) is 5.21. The molecule has 0 bridgehead atoms. The summed E-state index contributed by atoms with van der Waals surface area (Å²) in [5.74, 6) is -0.470. The van der Waals surface area contributed by atoms with E-state index in [1.54, 1.807) is 12.3 Å². The SMILES string of the molecule is Fc1cc(NCCc2ccccn2)ccn1. The fourth-order valence-corrected chi connectivity index (χ4v) is 1.39. The highest BCUT2D eigenvalue weighted by Gasteiger charge is 1.96. The van der Waals surface area contributed by atoms with Crippen LogP contribution in [-0.4, -0.2) is 16.5 Å². The third-order valence-corrected chi connectivity index (χ3v) is 2.16. The van der Waals surface area contributed by atoms with Crippen molar-refractivity contribution < 1.29 is 4.39 Å². The molecular formula is C12H12FN3. The predicted octanol–water partition coefficient (Wildman–Crippen LogP) is 2.27. The molecule has 82 valence electrons. The van der Waals surface area contributed by atoms with Gasteiger partial charge in [-0.25, -0.2) is 4.98 Å². The van der Waals surface area contributed by atoms with E-state index in [-0.39, 0.29) is 0 Å². The highest BCUT2D eigenvalue weighted by atomic mass is 19.1. The van der Waals surface area contributed by atoms with Gasteiger partial charge in [-0.15, -0.1) is 0 Å². The van der Waals surface area contributed by atoms with Gasteiger partial charge in [-0.1, -0.05) is 6.07 Å². The van der Waals surface area contributed by atoms with Crippen molar-refractivity contribution >= 4 is 5.69 Å². The van der Waals surface area contributed by atoms with Gasteiger partial charge in [-0.2, -0.15) is 4.39 Å². The quantitative estimate of drug-likeness (QED) is 0.798. The molecule has 0 spiro atoms. The van der Waals surface area contributed by atoms with Gasteiger partial charge in [0, 0.05) is 42.8 Å². The first-order valence-corrected chi connectivity index (χ1v) is 5.10. The summed E-state index contributed by atoms with van der Waals surface area (Å²) >= 11 is 0. The lowest BCUT2D eigenvalue weighted by molar-refractivity contribution is 0.584. The summed E-state index contributed by atoms with van der Waals surface area (Å²) in [6.45, 7) is 0.723. The lowest BCUT2D eigenvalue weighted by Gasteiger charge is -2.05. The molecule has 2 rings (SSSR count). The number of hydrogen-bond donors (Lipinski definition) is 1. The molecule has 16 heavy (non-hydrogen) atoms. The third kappa shape index (κ3) is 3.02. The standard InChI is InChI=1S/C12H12FN3/c13-12-9-11(5-8-16-12)15-7-4-10-3-1-2-6-14-10/h1-3,5-6,8-9H,4,7H2,(H,15,16). The third-order valence-electron chi connectivity index (χ3n) is 2.16. The molecule has 0 unspecified atom stereocenters. The summed E-state index contributed by atoms with van der Waals surface area (Å²) in [6, 6.07) is 8.92. The number of pyridine rings is 2. The number of nitrogens with zero attached hydrogens (tertiary/aromatic N) is 2. The van der Waals surface area contributed by atoms with Crippen LogP contribution < -0.4 is 5.32 Å². The first-order chi connectivity index (χ1) is 7.84. The topological polar surface area (TPSA) is 37.8 Å². The van der Waals surface area contributed by atoms with Gasteiger partial charge in [-0.05, 0) is 18.2 Å². The first-order valence-electron chi connectivity index (χ1n) is 5.10. The van der Waals surface area contributed by atoms with Crippen LogP contribution in [0.25, 0.3) is 0 Å². The Labute approximate surface area is 93.4 Å². The molecule has 0 aliphatic rings. The van der Waals surface area contributed by atoms with Crippen molar-refractivity contribution in [1.82, 2.24) is 9.97 Å². The second-order valence-corrected chi connectivity index (χ2v) is 3.37. The number of halogens is 1. The summed E-state index contributed by atoms with van der Waals surface area (Å²) in [5, 5.41) is 3.11. The molecule has 2 heterocycles. The Morgan fingerprint density at radius 2 is 2.06 bits per heavy atom. The monoisotopic (exact) mass is 217 g/mol. The molecule has 0 saturated heterocycles. The van der Waals surface area contributed by atoms with Crippen LogP contribution in [-0.2, 0) is 6.42 Å². The van der Waals surface area contributed by atoms with Crippen LogP contribution in [0.4, 0.5) is 10.1 Å². The Kier molecular flexibility index (Phi) is 3.43. The minimum atomic E-state index is -0.470. The van der Waals surface area contributed by atoms with E-state index in [0.29, 0.717) is 0 Å². The van der Waals surface area contributed by atoms with Gasteiger partial charge in [0.25, 0.3) is 0 Å². The maximum atomic E-state index is 12.8. The summed E-state index contributed by atoms with van der Waals surface area (Å²) in [6.07, 6.45) is 4.02. The summed E-state index contributed by atoms with van der Waals surface area (Å²) in [4.78, 5) is 7.69. The van der Waals surface area contributed by atoms with Crippen LogP contribution in [0.5, 0.6) is 0 Å². The lowest BCUT2D eigenvalue weighted by atomic mass is 10.2. The summed E-state index contributed by atoms with van der Waals surface area (Å²) < 4.78 is 12.8. The highest BCUT2D eigenvalue weighted by molar-refractivity contribution is 5.41. The smallest absolute Gasteiger partial charge is 0.214 e. The zero-order valence-electron chi connectivity index (χ0n) is 8.73. The Morgan fingerprint density at radius 3 is 2.81 bits per heavy atom. The van der Waals surface area contributed by atoms with Gasteiger partial charge < -0.3 is 5.32 Å². The normalized spacial score (nSPS) is 10.1. The molecule has 4 heteroatoms. The van der Waals surface area contributed by atoms with Crippen LogP contribution in [0.3, 0.4) is 0 Å². The Balaban J connectivity index is 1.85. The minimum absolute atomic E-state index is 0.470. The molecule has 2 aromatic heterocycles. The maximum Gasteiger partial charge on any atom is 0.214 e. The van der Waals surface area contributed by atoms with E-state index in [2.05, 4.69) is 15.3 Å². The van der Waals surface area contributed by atoms with E-state index in [1.807, 2.05) is 18.2 Å². The van der Waals surface area contributed by atoms with Gasteiger partial charge in [0.1, 0.15) is 0 Å². The van der Waals surface area contributed by atoms with Crippen LogP contribution in [0.1, 0.15) is 5.69 Å². The number of rotatable bonds is 4. The fourth-order valence-electron chi connectivity index (χ4n) is 1.39. The van der Waals surface area contributed by atoms with Crippen molar-refractivity contribution in [1.29, 1.82) is 0 Å². The maximum absolute atomic E-state index is 12.8. The average Bonchev–Trinajstić information content (AvgIpc) is 2.30. The van der Waals surface area contributed by atoms with Crippen LogP contribution in [0.15, 0.2) is 42.7 Å². The number of aromatic nitrogens is 2. The zero-order valence-corrected chi connectivity index (χ0v) is 8.73. The highest BCUT2D eigenvalue weighted by Crippen LogP contribution is 2.06. The Morgan fingerprint density at radius 1 is 1.12 bits per heavy atom. The van der Waals surface area contributed by atoms with Crippen molar-refractivity contribution in [2.45, 2.75) is 6.42 Å². The molecule has 0 amide bonds. The van der Waals surface area contributed by atoms with Gasteiger partial charge in [0.15, 0.2) is 0 Å². The minimum Gasteiger partial charge on any atom is -0.384 e. The molecule has 0 fully saturated rings. The van der Waals surface area contributed by atoms with E-state index >= 15 is 0 Å². The van der Waals surface area contributed by atoms with Gasteiger partial charge >= 0.3 is 0 Å². The predicted molar refractivity (Wildman–Crippen MR) is 60.6 cm³/mol. The number of hydrogen-bond acceptors (Lipinski definition) is 3. The van der Waals surface area contributed by atoms with Crippen LogP contribution in [0, 0.1) is 5.95 Å². The largest absolute Gasteiger partial charge is 0.384 e. The van der Waals surface area contributed by atoms with Crippen molar-refractivity contribution in [3.63, 3.8) is 0 Å². The molecule has 0 radical (unpaired) electrons. The summed E-state index contributed by atoms with van der Waals surface area (Å²) in [5.41, 5.74) is 1.76.